The van der Waals surface area contributed by atoms with Gasteiger partial charge in [0.25, 0.3) is 0 Å². The number of hydrogen-bond donors (Lipinski definition) is 1. The van der Waals surface area contributed by atoms with Gasteiger partial charge in [0, 0.05) is 5.69 Å². The third kappa shape index (κ3) is 4.02. The van der Waals surface area contributed by atoms with Crippen LogP contribution in [0.15, 0.2) is 47.6 Å². The van der Waals surface area contributed by atoms with E-state index < -0.39 is 0 Å². The molecule has 2 aromatic carbocycles. The molecular formula is C18H19N5O2S. The molecule has 0 unspecified atom stereocenters. The number of tetrazole rings is 1. The first-order valence-electron chi connectivity index (χ1n) is 8.00. The molecule has 26 heavy (non-hydrogen) atoms. The summed E-state index contributed by atoms with van der Waals surface area (Å²) in [5.41, 5.74) is 3.82. The van der Waals surface area contributed by atoms with Gasteiger partial charge in [-0.3, -0.25) is 4.79 Å². The standard InChI is InChI=1S/C18H19N5O2S/c1-12-8-9-14(10-13(12)2)19-17(24)11-26-18-20-21-22-23(18)15-6-4-5-7-16(15)25-3/h4-10H,11H2,1-3H3,(H,19,24). The number of rotatable bonds is 6. The number of ether oxygens (including phenoxy) is 1. The van der Waals surface area contributed by atoms with Crippen LogP contribution in [0.3, 0.4) is 0 Å². The van der Waals surface area contributed by atoms with Gasteiger partial charge in [-0.05, 0) is 59.7 Å². The normalized spacial score (nSPS) is 10.6. The largest absolute Gasteiger partial charge is 0.494 e. The Morgan fingerprint density at radius 2 is 2.00 bits per heavy atom. The van der Waals surface area contributed by atoms with E-state index in [9.17, 15) is 4.79 Å². The molecule has 1 heterocycles. The van der Waals surface area contributed by atoms with Gasteiger partial charge in [0.1, 0.15) is 11.4 Å². The summed E-state index contributed by atoms with van der Waals surface area (Å²) in [6.45, 7) is 4.05. The van der Waals surface area contributed by atoms with Crippen molar-refractivity contribution in [2.45, 2.75) is 19.0 Å². The number of hydrogen-bond acceptors (Lipinski definition) is 6. The minimum atomic E-state index is -0.118. The van der Waals surface area contributed by atoms with E-state index in [1.807, 2.05) is 56.3 Å². The fourth-order valence-corrected chi connectivity index (χ4v) is 3.05. The summed E-state index contributed by atoms with van der Waals surface area (Å²) in [6.07, 6.45) is 0. The van der Waals surface area contributed by atoms with E-state index in [-0.39, 0.29) is 11.7 Å². The van der Waals surface area contributed by atoms with Gasteiger partial charge in [0.05, 0.1) is 12.9 Å². The maximum atomic E-state index is 12.2. The minimum absolute atomic E-state index is 0.118. The highest BCUT2D eigenvalue weighted by Gasteiger charge is 2.14. The van der Waals surface area contributed by atoms with Crippen molar-refractivity contribution in [1.82, 2.24) is 20.2 Å². The van der Waals surface area contributed by atoms with E-state index in [0.29, 0.717) is 10.9 Å². The fraction of sp³-hybridized carbons (Fsp3) is 0.222. The predicted molar refractivity (Wildman–Crippen MR) is 101 cm³/mol. The van der Waals surface area contributed by atoms with Crippen LogP contribution in [0.2, 0.25) is 0 Å². The molecule has 1 N–H and O–H groups in total. The zero-order chi connectivity index (χ0) is 18.5. The Labute approximate surface area is 155 Å². The second kappa shape index (κ2) is 8.01. The minimum Gasteiger partial charge on any atom is -0.494 e. The molecule has 0 aliphatic heterocycles. The Morgan fingerprint density at radius 1 is 1.19 bits per heavy atom. The topological polar surface area (TPSA) is 81.9 Å². The average Bonchev–Trinajstić information content (AvgIpc) is 3.11. The maximum Gasteiger partial charge on any atom is 0.234 e. The summed E-state index contributed by atoms with van der Waals surface area (Å²) in [4.78, 5) is 12.2. The van der Waals surface area contributed by atoms with E-state index in [0.717, 1.165) is 16.9 Å². The van der Waals surface area contributed by atoms with Crippen molar-refractivity contribution in [2.75, 3.05) is 18.2 Å². The Bertz CT molecular complexity index is 925. The molecule has 8 heteroatoms. The maximum absolute atomic E-state index is 12.2. The van der Waals surface area contributed by atoms with Crippen LogP contribution in [-0.2, 0) is 4.79 Å². The van der Waals surface area contributed by atoms with Gasteiger partial charge in [-0.2, -0.15) is 4.68 Å². The van der Waals surface area contributed by atoms with Gasteiger partial charge >= 0.3 is 0 Å². The van der Waals surface area contributed by atoms with Crippen molar-refractivity contribution in [1.29, 1.82) is 0 Å². The van der Waals surface area contributed by atoms with Crippen LogP contribution in [0, 0.1) is 13.8 Å². The van der Waals surface area contributed by atoms with E-state index in [2.05, 4.69) is 20.8 Å². The summed E-state index contributed by atoms with van der Waals surface area (Å²) >= 11 is 1.26. The molecule has 134 valence electrons. The van der Waals surface area contributed by atoms with Crippen molar-refractivity contribution in [3.8, 4) is 11.4 Å². The number of methoxy groups -OCH3 is 1. The number of aryl methyl sites for hydroxylation is 2. The lowest BCUT2D eigenvalue weighted by atomic mass is 10.1. The third-order valence-electron chi connectivity index (χ3n) is 3.88. The summed E-state index contributed by atoms with van der Waals surface area (Å²) < 4.78 is 6.91. The molecule has 0 saturated heterocycles. The molecule has 0 bridgehead atoms. The van der Waals surface area contributed by atoms with Crippen LogP contribution in [0.4, 0.5) is 5.69 Å². The molecule has 0 atom stereocenters. The zero-order valence-corrected chi connectivity index (χ0v) is 15.6. The Balaban J connectivity index is 1.68. The fourth-order valence-electron chi connectivity index (χ4n) is 2.37. The van der Waals surface area contributed by atoms with Crippen molar-refractivity contribution in [2.24, 2.45) is 0 Å². The Kier molecular flexibility index (Phi) is 5.52. The highest BCUT2D eigenvalue weighted by molar-refractivity contribution is 7.99. The number of carbonyl (C=O) groups is 1. The van der Waals surface area contributed by atoms with Gasteiger partial charge in [0.2, 0.25) is 11.1 Å². The Hall–Kier alpha value is -2.87. The number of anilines is 1. The summed E-state index contributed by atoms with van der Waals surface area (Å²) in [5.74, 6) is 0.733. The van der Waals surface area contributed by atoms with Crippen molar-refractivity contribution in [3.05, 3.63) is 53.6 Å². The summed E-state index contributed by atoms with van der Waals surface area (Å²) in [7, 11) is 1.59. The lowest BCUT2D eigenvalue weighted by Gasteiger charge is -2.09. The molecule has 0 aliphatic rings. The van der Waals surface area contributed by atoms with Crippen molar-refractivity contribution in [3.63, 3.8) is 0 Å². The number of para-hydroxylation sites is 2. The number of amides is 1. The summed E-state index contributed by atoms with van der Waals surface area (Å²) in [6, 6.07) is 13.3. The molecule has 3 rings (SSSR count). The molecule has 0 saturated carbocycles. The smallest absolute Gasteiger partial charge is 0.234 e. The highest BCUT2D eigenvalue weighted by Crippen LogP contribution is 2.25. The highest BCUT2D eigenvalue weighted by atomic mass is 32.2. The first-order valence-corrected chi connectivity index (χ1v) is 8.98. The van der Waals surface area contributed by atoms with Crippen LogP contribution in [-0.4, -0.2) is 39.0 Å². The number of nitrogens with one attached hydrogen (secondary N) is 1. The second-order valence-corrected chi connectivity index (χ2v) is 6.62. The Morgan fingerprint density at radius 3 is 2.77 bits per heavy atom. The predicted octanol–water partition coefficient (Wildman–Crippen LogP) is 3.02. The van der Waals surface area contributed by atoms with Crippen molar-refractivity contribution >= 4 is 23.4 Å². The molecule has 1 amide bonds. The van der Waals surface area contributed by atoms with Gasteiger partial charge < -0.3 is 10.1 Å². The number of carbonyl (C=O) groups excluding carboxylic acids is 1. The SMILES string of the molecule is COc1ccccc1-n1nnnc1SCC(=O)Nc1ccc(C)c(C)c1. The first-order chi connectivity index (χ1) is 12.6. The molecule has 1 aromatic heterocycles. The van der Waals surface area contributed by atoms with Crippen LogP contribution >= 0.6 is 11.8 Å². The molecule has 0 spiro atoms. The first kappa shape index (κ1) is 17.9. The molecule has 0 radical (unpaired) electrons. The van der Waals surface area contributed by atoms with E-state index in [4.69, 9.17) is 4.74 Å². The quantitative estimate of drug-likeness (QED) is 0.673. The molecule has 7 nitrogen and oxygen atoms in total. The van der Waals surface area contributed by atoms with Crippen LogP contribution in [0.25, 0.3) is 5.69 Å². The lowest BCUT2D eigenvalue weighted by molar-refractivity contribution is -0.113. The van der Waals surface area contributed by atoms with Crippen LogP contribution in [0.1, 0.15) is 11.1 Å². The number of nitrogens with zero attached hydrogens (tertiary/aromatic N) is 4. The monoisotopic (exact) mass is 369 g/mol. The number of benzene rings is 2. The van der Waals surface area contributed by atoms with E-state index in [1.54, 1.807) is 11.8 Å². The van der Waals surface area contributed by atoms with Gasteiger partial charge in [-0.25, -0.2) is 0 Å². The van der Waals surface area contributed by atoms with E-state index >= 15 is 0 Å². The molecule has 3 aromatic rings. The third-order valence-corrected chi connectivity index (χ3v) is 4.80. The van der Waals surface area contributed by atoms with Crippen molar-refractivity contribution < 1.29 is 9.53 Å². The average molecular weight is 369 g/mol. The molecular weight excluding hydrogens is 350 g/mol. The van der Waals surface area contributed by atoms with Gasteiger partial charge in [0.15, 0.2) is 0 Å². The van der Waals surface area contributed by atoms with Gasteiger partial charge in [-0.15, -0.1) is 5.10 Å². The van der Waals surface area contributed by atoms with Crippen LogP contribution < -0.4 is 10.1 Å². The zero-order valence-electron chi connectivity index (χ0n) is 14.8. The van der Waals surface area contributed by atoms with E-state index in [1.165, 1.54) is 17.3 Å². The molecule has 0 fully saturated rings. The summed E-state index contributed by atoms with van der Waals surface area (Å²) in [5, 5.41) is 15.1. The van der Waals surface area contributed by atoms with Crippen LogP contribution in [0.5, 0.6) is 5.75 Å². The number of aromatic nitrogens is 4. The second-order valence-electron chi connectivity index (χ2n) is 5.68. The number of thioether (sulfide) groups is 1. The molecule has 0 aliphatic carbocycles. The van der Waals surface area contributed by atoms with Gasteiger partial charge in [-0.1, -0.05) is 30.0 Å². The lowest BCUT2D eigenvalue weighted by Crippen LogP contribution is -2.14.